The van der Waals surface area contributed by atoms with Gasteiger partial charge in [0.15, 0.2) is 0 Å². The third-order valence-electron chi connectivity index (χ3n) is 3.46. The summed E-state index contributed by atoms with van der Waals surface area (Å²) in [6, 6.07) is 4.50. The molecular formula is C17H15FN4O2. The standard InChI is InChI=1S/C17H15FN4O2/c1-10(2)24-17(23)21-15-5-4-11(6-14(15)18)12-7-19-9-16-13(12)8-20-22(16)3/h4-9H,1H2,2-3H3,(H,21,23). The number of pyridine rings is 1. The van der Waals surface area contributed by atoms with E-state index in [-0.39, 0.29) is 11.4 Å². The molecular weight excluding hydrogens is 311 g/mol. The second-order valence-electron chi connectivity index (χ2n) is 5.30. The molecule has 0 aliphatic heterocycles. The Kier molecular flexibility index (Phi) is 3.99. The molecule has 0 spiro atoms. The Morgan fingerprint density at radius 3 is 2.83 bits per heavy atom. The van der Waals surface area contributed by atoms with E-state index < -0.39 is 11.9 Å². The van der Waals surface area contributed by atoms with Crippen LogP contribution in [0.5, 0.6) is 0 Å². The van der Waals surface area contributed by atoms with Gasteiger partial charge in [-0.15, -0.1) is 0 Å². The summed E-state index contributed by atoms with van der Waals surface area (Å²) in [7, 11) is 1.81. The lowest BCUT2D eigenvalue weighted by molar-refractivity contribution is 0.192. The zero-order valence-corrected chi connectivity index (χ0v) is 13.2. The molecule has 0 fully saturated rings. The number of amides is 1. The average Bonchev–Trinajstić information content (AvgIpc) is 2.90. The zero-order chi connectivity index (χ0) is 17.3. The fourth-order valence-electron chi connectivity index (χ4n) is 2.37. The molecule has 1 N–H and O–H groups in total. The smallest absolute Gasteiger partial charge is 0.416 e. The van der Waals surface area contributed by atoms with Crippen LogP contribution < -0.4 is 5.32 Å². The fourth-order valence-corrected chi connectivity index (χ4v) is 2.37. The first-order valence-corrected chi connectivity index (χ1v) is 7.15. The number of fused-ring (bicyclic) bond motifs is 1. The number of nitrogens with one attached hydrogen (secondary N) is 1. The summed E-state index contributed by atoms with van der Waals surface area (Å²) < 4.78 is 20.8. The highest BCUT2D eigenvalue weighted by Gasteiger charge is 2.12. The van der Waals surface area contributed by atoms with Crippen molar-refractivity contribution in [1.29, 1.82) is 0 Å². The molecule has 122 valence electrons. The number of hydrogen-bond donors (Lipinski definition) is 1. The summed E-state index contributed by atoms with van der Waals surface area (Å²) in [5, 5.41) is 7.39. The first-order chi connectivity index (χ1) is 11.5. The van der Waals surface area contributed by atoms with Crippen molar-refractivity contribution in [2.24, 2.45) is 7.05 Å². The number of ether oxygens (including phenoxy) is 1. The lowest BCUT2D eigenvalue weighted by Gasteiger charge is -2.09. The van der Waals surface area contributed by atoms with Crippen molar-refractivity contribution in [2.45, 2.75) is 6.92 Å². The number of carbonyl (C=O) groups excluding carboxylic acids is 1. The van der Waals surface area contributed by atoms with Gasteiger partial charge >= 0.3 is 6.09 Å². The molecule has 24 heavy (non-hydrogen) atoms. The Labute approximate surface area is 137 Å². The molecule has 0 radical (unpaired) electrons. The van der Waals surface area contributed by atoms with Gasteiger partial charge in [-0.3, -0.25) is 15.0 Å². The van der Waals surface area contributed by atoms with Crippen LogP contribution in [-0.2, 0) is 11.8 Å². The van der Waals surface area contributed by atoms with Crippen molar-refractivity contribution in [3.05, 3.63) is 54.9 Å². The third kappa shape index (κ3) is 2.96. The Morgan fingerprint density at radius 2 is 2.12 bits per heavy atom. The number of anilines is 1. The maximum absolute atomic E-state index is 14.3. The molecule has 7 heteroatoms. The monoisotopic (exact) mass is 326 g/mol. The first kappa shape index (κ1) is 15.7. The lowest BCUT2D eigenvalue weighted by atomic mass is 10.0. The van der Waals surface area contributed by atoms with E-state index >= 15 is 0 Å². The summed E-state index contributed by atoms with van der Waals surface area (Å²) in [5.41, 5.74) is 2.27. The molecule has 2 heterocycles. The van der Waals surface area contributed by atoms with Gasteiger partial charge in [0.05, 0.1) is 29.4 Å². The van der Waals surface area contributed by atoms with Crippen LogP contribution >= 0.6 is 0 Å². The summed E-state index contributed by atoms with van der Waals surface area (Å²) in [5.74, 6) is -0.356. The number of halogens is 1. The molecule has 0 aliphatic rings. The number of hydrogen-bond acceptors (Lipinski definition) is 4. The maximum atomic E-state index is 14.3. The number of benzene rings is 1. The van der Waals surface area contributed by atoms with Crippen molar-refractivity contribution in [2.75, 3.05) is 5.32 Å². The average molecular weight is 326 g/mol. The van der Waals surface area contributed by atoms with Gasteiger partial charge < -0.3 is 4.74 Å². The summed E-state index contributed by atoms with van der Waals surface area (Å²) in [4.78, 5) is 15.7. The number of rotatable bonds is 3. The molecule has 0 aliphatic carbocycles. The predicted octanol–water partition coefficient (Wildman–Crippen LogP) is 3.86. The van der Waals surface area contributed by atoms with E-state index in [4.69, 9.17) is 4.74 Å². The highest BCUT2D eigenvalue weighted by molar-refractivity contribution is 5.94. The van der Waals surface area contributed by atoms with Gasteiger partial charge in [0.2, 0.25) is 0 Å². The summed E-state index contributed by atoms with van der Waals surface area (Å²) in [6.07, 6.45) is 4.28. The van der Waals surface area contributed by atoms with Crippen LogP contribution in [-0.4, -0.2) is 20.9 Å². The second kappa shape index (κ2) is 6.11. The second-order valence-corrected chi connectivity index (χ2v) is 5.30. The largest absolute Gasteiger partial charge is 0.416 e. The van der Waals surface area contributed by atoms with Crippen molar-refractivity contribution < 1.29 is 13.9 Å². The molecule has 0 saturated heterocycles. The topological polar surface area (TPSA) is 69.0 Å². The zero-order valence-electron chi connectivity index (χ0n) is 13.2. The van der Waals surface area contributed by atoms with Crippen LogP contribution in [0, 0.1) is 5.82 Å². The van der Waals surface area contributed by atoms with Crippen LogP contribution in [0.15, 0.2) is 49.1 Å². The Hall–Kier alpha value is -3.22. The highest BCUT2D eigenvalue weighted by atomic mass is 19.1. The van der Waals surface area contributed by atoms with Crippen LogP contribution in [0.25, 0.3) is 22.0 Å². The van der Waals surface area contributed by atoms with Gasteiger partial charge in [0.1, 0.15) is 5.82 Å². The van der Waals surface area contributed by atoms with E-state index in [1.807, 2.05) is 7.05 Å². The van der Waals surface area contributed by atoms with E-state index in [9.17, 15) is 9.18 Å². The summed E-state index contributed by atoms with van der Waals surface area (Å²) >= 11 is 0. The molecule has 0 bridgehead atoms. The lowest BCUT2D eigenvalue weighted by Crippen LogP contribution is -2.13. The highest BCUT2D eigenvalue weighted by Crippen LogP contribution is 2.29. The number of aromatic nitrogens is 3. The number of nitrogens with zero attached hydrogens (tertiary/aromatic N) is 3. The molecule has 0 saturated carbocycles. The minimum atomic E-state index is -0.787. The Morgan fingerprint density at radius 1 is 1.33 bits per heavy atom. The summed E-state index contributed by atoms with van der Waals surface area (Å²) in [6.45, 7) is 4.98. The van der Waals surface area contributed by atoms with E-state index in [1.54, 1.807) is 29.3 Å². The molecule has 0 atom stereocenters. The quantitative estimate of drug-likeness (QED) is 0.742. The predicted molar refractivity (Wildman–Crippen MR) is 88.8 cm³/mol. The van der Waals surface area contributed by atoms with Crippen LogP contribution in [0.2, 0.25) is 0 Å². The molecule has 6 nitrogen and oxygen atoms in total. The van der Waals surface area contributed by atoms with Gasteiger partial charge in [0.25, 0.3) is 0 Å². The number of allylic oxidation sites excluding steroid dienone is 1. The molecule has 3 rings (SSSR count). The maximum Gasteiger partial charge on any atom is 0.416 e. The van der Waals surface area contributed by atoms with Crippen LogP contribution in [0.3, 0.4) is 0 Å². The normalized spacial score (nSPS) is 10.6. The van der Waals surface area contributed by atoms with Crippen molar-refractivity contribution in [1.82, 2.24) is 14.8 Å². The van der Waals surface area contributed by atoms with Gasteiger partial charge in [-0.25, -0.2) is 9.18 Å². The van der Waals surface area contributed by atoms with Gasteiger partial charge in [-0.05, 0) is 24.6 Å². The molecule has 3 aromatic rings. The van der Waals surface area contributed by atoms with Gasteiger partial charge in [0, 0.05) is 24.2 Å². The van der Waals surface area contributed by atoms with E-state index in [1.165, 1.54) is 19.1 Å². The van der Waals surface area contributed by atoms with E-state index in [0.29, 0.717) is 5.56 Å². The number of carbonyl (C=O) groups is 1. The van der Waals surface area contributed by atoms with Crippen LogP contribution in [0.1, 0.15) is 6.92 Å². The number of aryl methyl sites for hydroxylation is 1. The third-order valence-corrected chi connectivity index (χ3v) is 3.46. The van der Waals surface area contributed by atoms with Crippen molar-refractivity contribution >= 4 is 22.7 Å². The molecule has 2 aromatic heterocycles. The molecule has 1 aromatic carbocycles. The van der Waals surface area contributed by atoms with Crippen molar-refractivity contribution in [3.63, 3.8) is 0 Å². The fraction of sp³-hybridized carbons (Fsp3) is 0.118. The van der Waals surface area contributed by atoms with Crippen LogP contribution in [0.4, 0.5) is 14.9 Å². The van der Waals surface area contributed by atoms with E-state index in [2.05, 4.69) is 22.0 Å². The molecule has 0 unspecified atom stereocenters. The van der Waals surface area contributed by atoms with Crippen molar-refractivity contribution in [3.8, 4) is 11.1 Å². The van der Waals surface area contributed by atoms with Gasteiger partial charge in [-0.2, -0.15) is 5.10 Å². The van der Waals surface area contributed by atoms with Gasteiger partial charge in [-0.1, -0.05) is 12.6 Å². The first-order valence-electron chi connectivity index (χ1n) is 7.15. The molecule has 1 amide bonds. The Balaban J connectivity index is 1.94. The SMILES string of the molecule is C=C(C)OC(=O)Nc1ccc(-c2cncc3c2cnn3C)cc1F. The minimum Gasteiger partial charge on any atom is -0.416 e. The minimum absolute atomic E-state index is 0.0244. The Bertz CT molecular complexity index is 949. The van der Waals surface area contributed by atoms with E-state index in [0.717, 1.165) is 16.5 Å².